The van der Waals surface area contributed by atoms with E-state index >= 15 is 0 Å². The molecule has 11 heteroatoms. The maximum Gasteiger partial charge on any atom is 0.293 e. The van der Waals surface area contributed by atoms with E-state index in [2.05, 4.69) is 16.0 Å². The molecule has 0 spiro atoms. The van der Waals surface area contributed by atoms with Crippen LogP contribution in [0.2, 0.25) is 0 Å². The Labute approximate surface area is 205 Å². The summed E-state index contributed by atoms with van der Waals surface area (Å²) in [4.78, 5) is 51.6. The van der Waals surface area contributed by atoms with Gasteiger partial charge in [0.1, 0.15) is 17.1 Å². The molecule has 2 saturated carbocycles. The average Bonchev–Trinajstić information content (AvgIpc) is 3.58. The number of amides is 3. The number of ketones is 1. The van der Waals surface area contributed by atoms with E-state index in [0.717, 1.165) is 12.8 Å². The number of carbonyl (C=O) groups is 4. The number of likely N-dealkylation sites (N-methyl/N-ethyl adjacent to an activating group) is 1. The van der Waals surface area contributed by atoms with Crippen LogP contribution in [0.3, 0.4) is 0 Å². The van der Waals surface area contributed by atoms with Gasteiger partial charge in [-0.05, 0) is 62.9 Å². The van der Waals surface area contributed by atoms with Gasteiger partial charge in [-0.1, -0.05) is 0 Å². The van der Waals surface area contributed by atoms with E-state index in [1.54, 1.807) is 18.4 Å². The predicted molar refractivity (Wildman–Crippen MR) is 125 cm³/mol. The Morgan fingerprint density at radius 2 is 1.69 bits per heavy atom. The second-order valence-corrected chi connectivity index (χ2v) is 9.61. The first-order valence-electron chi connectivity index (χ1n) is 11.6. The summed E-state index contributed by atoms with van der Waals surface area (Å²) in [6, 6.07) is 4.09. The summed E-state index contributed by atoms with van der Waals surface area (Å²) in [6.45, 7) is 4.70. The molecule has 3 N–H and O–H groups in total. The van der Waals surface area contributed by atoms with Gasteiger partial charge in [0.05, 0.1) is 5.56 Å². The molecule has 2 aliphatic rings. The number of nitrogens with zero attached hydrogens (tertiary/aromatic N) is 1. The van der Waals surface area contributed by atoms with E-state index < -0.39 is 53.6 Å². The van der Waals surface area contributed by atoms with Crippen molar-refractivity contribution in [3.63, 3.8) is 0 Å². The molecule has 192 valence electrons. The zero-order valence-electron chi connectivity index (χ0n) is 20.4. The van der Waals surface area contributed by atoms with Crippen molar-refractivity contribution in [3.8, 4) is 0 Å². The molecule has 0 saturated heterocycles. The highest BCUT2D eigenvalue weighted by Crippen LogP contribution is 2.46. The number of halogens is 3. The normalized spacial score (nSPS) is 17.6. The number of anilines is 1. The quantitative estimate of drug-likeness (QED) is 0.397. The number of hydrogen-bond donors (Lipinski definition) is 3. The SMILES string of the molecule is CNC(=O)C1(NC(=O)C(=O)c2c(C)c(C(=O)Nc3ccc(F)c(C)c3)n(C3CC3)c2C)CC(F)(F)C1. The summed E-state index contributed by atoms with van der Waals surface area (Å²) < 4.78 is 42.6. The molecule has 0 aliphatic heterocycles. The largest absolute Gasteiger partial charge is 0.357 e. The van der Waals surface area contributed by atoms with Crippen molar-refractivity contribution in [2.24, 2.45) is 0 Å². The van der Waals surface area contributed by atoms with Gasteiger partial charge in [-0.15, -0.1) is 0 Å². The average molecular weight is 505 g/mol. The number of hydrogen-bond acceptors (Lipinski definition) is 4. The van der Waals surface area contributed by atoms with E-state index in [0.29, 0.717) is 16.9 Å². The van der Waals surface area contributed by atoms with Gasteiger partial charge in [-0.3, -0.25) is 19.2 Å². The van der Waals surface area contributed by atoms with Gasteiger partial charge in [0.25, 0.3) is 23.5 Å². The van der Waals surface area contributed by atoms with Gasteiger partial charge in [0.2, 0.25) is 5.91 Å². The molecular weight excluding hydrogens is 477 g/mol. The second-order valence-electron chi connectivity index (χ2n) is 9.61. The summed E-state index contributed by atoms with van der Waals surface area (Å²) in [5, 5.41) is 7.19. The van der Waals surface area contributed by atoms with Crippen LogP contribution in [0.1, 0.15) is 69.4 Å². The number of nitrogens with one attached hydrogen (secondary N) is 3. The Hall–Kier alpha value is -3.63. The molecule has 2 aromatic rings. The number of alkyl halides is 2. The minimum atomic E-state index is -3.13. The lowest BCUT2D eigenvalue weighted by Crippen LogP contribution is -2.69. The first-order valence-corrected chi connectivity index (χ1v) is 11.6. The summed E-state index contributed by atoms with van der Waals surface area (Å²) in [6.07, 6.45) is -0.270. The van der Waals surface area contributed by atoms with E-state index in [4.69, 9.17) is 0 Å². The molecule has 4 rings (SSSR count). The summed E-state index contributed by atoms with van der Waals surface area (Å²) >= 11 is 0. The van der Waals surface area contributed by atoms with Crippen molar-refractivity contribution in [3.05, 3.63) is 52.1 Å². The molecular formula is C25H27F3N4O4. The Morgan fingerprint density at radius 3 is 2.22 bits per heavy atom. The zero-order chi connectivity index (χ0) is 26.6. The number of aryl methyl sites for hydroxylation is 1. The highest BCUT2D eigenvalue weighted by molar-refractivity contribution is 6.44. The molecule has 0 atom stereocenters. The Morgan fingerprint density at radius 1 is 1.06 bits per heavy atom. The highest BCUT2D eigenvalue weighted by atomic mass is 19.3. The lowest BCUT2D eigenvalue weighted by atomic mass is 9.72. The topological polar surface area (TPSA) is 109 Å². The van der Waals surface area contributed by atoms with Gasteiger partial charge < -0.3 is 20.5 Å². The fraction of sp³-hybridized carbons (Fsp3) is 0.440. The maximum atomic E-state index is 13.6. The monoisotopic (exact) mass is 504 g/mol. The molecule has 0 bridgehead atoms. The van der Waals surface area contributed by atoms with Crippen LogP contribution in [-0.2, 0) is 9.59 Å². The fourth-order valence-corrected chi connectivity index (χ4v) is 4.94. The molecule has 0 unspecified atom stereocenters. The molecule has 1 aromatic heterocycles. The van der Waals surface area contributed by atoms with Gasteiger partial charge in [0.15, 0.2) is 0 Å². The first kappa shape index (κ1) is 25.5. The minimum absolute atomic E-state index is 0.0158. The summed E-state index contributed by atoms with van der Waals surface area (Å²) in [5.41, 5.74) is -0.359. The van der Waals surface area contributed by atoms with Crippen molar-refractivity contribution in [1.82, 2.24) is 15.2 Å². The van der Waals surface area contributed by atoms with Crippen molar-refractivity contribution in [2.45, 2.75) is 64.0 Å². The number of aromatic nitrogens is 1. The van der Waals surface area contributed by atoms with Gasteiger partial charge in [0, 0.05) is 37.3 Å². The minimum Gasteiger partial charge on any atom is -0.357 e. The lowest BCUT2D eigenvalue weighted by molar-refractivity contribution is -0.164. The number of rotatable bonds is 7. The second kappa shape index (κ2) is 8.79. The number of carbonyl (C=O) groups excluding carboxylic acids is 4. The zero-order valence-corrected chi connectivity index (χ0v) is 20.4. The van der Waals surface area contributed by atoms with Crippen molar-refractivity contribution >= 4 is 29.2 Å². The number of Topliss-reactive ketones (excluding diaryl/α,β-unsaturated/α-hetero) is 1. The first-order chi connectivity index (χ1) is 16.8. The van der Waals surface area contributed by atoms with Crippen LogP contribution in [0.5, 0.6) is 0 Å². The predicted octanol–water partition coefficient (Wildman–Crippen LogP) is 3.35. The van der Waals surface area contributed by atoms with Crippen LogP contribution < -0.4 is 16.0 Å². The van der Waals surface area contributed by atoms with E-state index in [9.17, 15) is 32.3 Å². The highest BCUT2D eigenvalue weighted by Gasteiger charge is 2.62. The van der Waals surface area contributed by atoms with E-state index in [-0.39, 0.29) is 22.9 Å². The Bertz CT molecular complexity index is 1290. The third-order valence-electron chi connectivity index (χ3n) is 6.81. The number of benzene rings is 1. The third-order valence-corrected chi connectivity index (χ3v) is 6.81. The van der Waals surface area contributed by atoms with Gasteiger partial charge >= 0.3 is 0 Å². The lowest BCUT2D eigenvalue weighted by Gasteiger charge is -2.45. The van der Waals surface area contributed by atoms with Gasteiger partial charge in [-0.25, -0.2) is 13.2 Å². The molecule has 36 heavy (non-hydrogen) atoms. The summed E-state index contributed by atoms with van der Waals surface area (Å²) in [7, 11) is 1.26. The van der Waals surface area contributed by atoms with Crippen molar-refractivity contribution in [2.75, 3.05) is 12.4 Å². The Kier molecular flexibility index (Phi) is 6.22. The maximum absolute atomic E-state index is 13.6. The molecule has 8 nitrogen and oxygen atoms in total. The van der Waals surface area contributed by atoms with Crippen LogP contribution in [0.4, 0.5) is 18.9 Å². The molecule has 3 amide bonds. The molecule has 2 fully saturated rings. The molecule has 1 aromatic carbocycles. The standard InChI is InChI=1S/C25H27F3N4O4/c1-12-9-15(5-8-17(12)26)30-21(34)19-13(2)18(14(3)32(19)16-6-7-16)20(33)22(35)31-24(23(36)29-4)10-25(27,28)11-24/h5,8-9,16H,6-7,10-11H2,1-4H3,(H,29,36)(H,30,34)(H,31,35). The van der Waals surface area contributed by atoms with Crippen LogP contribution in [0.25, 0.3) is 0 Å². The fourth-order valence-electron chi connectivity index (χ4n) is 4.94. The van der Waals surface area contributed by atoms with Crippen molar-refractivity contribution < 1.29 is 32.3 Å². The smallest absolute Gasteiger partial charge is 0.293 e. The third kappa shape index (κ3) is 4.38. The Balaban J connectivity index is 1.65. The molecule has 0 radical (unpaired) electrons. The van der Waals surface area contributed by atoms with Crippen LogP contribution in [0.15, 0.2) is 18.2 Å². The van der Waals surface area contributed by atoms with Crippen LogP contribution in [0, 0.1) is 26.6 Å². The summed E-state index contributed by atoms with van der Waals surface area (Å²) in [5.74, 6) is -7.11. The molecule has 2 aliphatic carbocycles. The van der Waals surface area contributed by atoms with Crippen LogP contribution in [-0.4, -0.2) is 46.6 Å². The van der Waals surface area contributed by atoms with E-state index in [1.165, 1.54) is 32.2 Å². The van der Waals surface area contributed by atoms with Crippen molar-refractivity contribution in [1.29, 1.82) is 0 Å². The van der Waals surface area contributed by atoms with E-state index in [1.807, 2.05) is 0 Å². The molecule has 1 heterocycles. The van der Waals surface area contributed by atoms with Crippen LogP contribution >= 0.6 is 0 Å². The van der Waals surface area contributed by atoms with Gasteiger partial charge in [-0.2, -0.15) is 0 Å².